The van der Waals surface area contributed by atoms with Gasteiger partial charge in [0.15, 0.2) is 11.6 Å². The van der Waals surface area contributed by atoms with E-state index in [1.807, 2.05) is 13.0 Å². The standard InChI is InChI=1S/C13H20FNO/c1-11-6-5-7-13(12(14)10-11)16-9-4-2-3-8-15/h6-7,10H,2-5,8-9,15H2,1H3. The number of ether oxygens (including phenoxy) is 1. The highest BCUT2D eigenvalue weighted by atomic mass is 19.1. The van der Waals surface area contributed by atoms with Crippen LogP contribution in [0.5, 0.6) is 0 Å². The fraction of sp³-hybridized carbons (Fsp3) is 0.538. The van der Waals surface area contributed by atoms with Crippen LogP contribution in [0.15, 0.2) is 35.4 Å². The Bertz CT molecular complexity index is 305. The SMILES string of the molecule is CC1=CCC=C(OCCCCCN)C(F)=C1. The summed E-state index contributed by atoms with van der Waals surface area (Å²) in [6.45, 7) is 3.16. The Balaban J connectivity index is 2.32. The first-order chi connectivity index (χ1) is 7.74. The summed E-state index contributed by atoms with van der Waals surface area (Å²) in [6.07, 6.45) is 8.96. The summed E-state index contributed by atoms with van der Waals surface area (Å²) in [6, 6.07) is 0. The molecule has 0 unspecified atom stereocenters. The lowest BCUT2D eigenvalue weighted by Crippen LogP contribution is -2.00. The summed E-state index contributed by atoms with van der Waals surface area (Å²) in [5.74, 6) is 0.103. The summed E-state index contributed by atoms with van der Waals surface area (Å²) in [5.41, 5.74) is 6.32. The van der Waals surface area contributed by atoms with Gasteiger partial charge in [0.1, 0.15) is 0 Å². The van der Waals surface area contributed by atoms with Crippen LogP contribution in [0.2, 0.25) is 0 Å². The van der Waals surface area contributed by atoms with E-state index in [9.17, 15) is 4.39 Å². The van der Waals surface area contributed by atoms with Crippen LogP contribution < -0.4 is 5.73 Å². The van der Waals surface area contributed by atoms with Gasteiger partial charge in [-0.25, -0.2) is 4.39 Å². The molecule has 0 heterocycles. The molecule has 0 saturated carbocycles. The van der Waals surface area contributed by atoms with Crippen LogP contribution in [-0.2, 0) is 4.74 Å². The Morgan fingerprint density at radius 3 is 2.88 bits per heavy atom. The summed E-state index contributed by atoms with van der Waals surface area (Å²) in [5, 5.41) is 0. The van der Waals surface area contributed by atoms with Crippen molar-refractivity contribution in [3.05, 3.63) is 35.4 Å². The lowest BCUT2D eigenvalue weighted by molar-refractivity contribution is 0.201. The van der Waals surface area contributed by atoms with Crippen molar-refractivity contribution in [3.8, 4) is 0 Å². The van der Waals surface area contributed by atoms with Crippen LogP contribution in [-0.4, -0.2) is 13.2 Å². The number of rotatable bonds is 6. The molecular formula is C13H20FNO. The highest BCUT2D eigenvalue weighted by Crippen LogP contribution is 2.20. The topological polar surface area (TPSA) is 35.2 Å². The summed E-state index contributed by atoms with van der Waals surface area (Å²) < 4.78 is 19.0. The molecule has 1 aliphatic rings. The van der Waals surface area contributed by atoms with E-state index in [1.54, 1.807) is 6.08 Å². The molecule has 0 fully saturated rings. The van der Waals surface area contributed by atoms with E-state index in [1.165, 1.54) is 6.08 Å². The van der Waals surface area contributed by atoms with Gasteiger partial charge in [0.05, 0.1) is 6.61 Å². The number of halogens is 1. The molecule has 0 spiro atoms. The number of nitrogens with two attached hydrogens (primary N) is 1. The molecule has 90 valence electrons. The van der Waals surface area contributed by atoms with Gasteiger partial charge in [-0.05, 0) is 51.3 Å². The normalized spacial score (nSPS) is 16.1. The van der Waals surface area contributed by atoms with Crippen LogP contribution >= 0.6 is 0 Å². The molecule has 0 aromatic heterocycles. The summed E-state index contributed by atoms with van der Waals surface area (Å²) >= 11 is 0. The number of hydrogen-bond donors (Lipinski definition) is 1. The third-order valence-corrected chi connectivity index (χ3v) is 2.44. The van der Waals surface area contributed by atoms with Gasteiger partial charge in [0.25, 0.3) is 0 Å². The smallest absolute Gasteiger partial charge is 0.164 e. The second-order valence-corrected chi connectivity index (χ2v) is 3.94. The van der Waals surface area contributed by atoms with Crippen LogP contribution in [0, 0.1) is 0 Å². The molecule has 0 aromatic rings. The maximum absolute atomic E-state index is 13.5. The van der Waals surface area contributed by atoms with Gasteiger partial charge in [-0.2, -0.15) is 0 Å². The fourth-order valence-electron chi connectivity index (χ4n) is 1.51. The van der Waals surface area contributed by atoms with Crippen molar-refractivity contribution in [2.75, 3.05) is 13.2 Å². The largest absolute Gasteiger partial charge is 0.491 e. The molecule has 1 aliphatic carbocycles. The molecule has 2 N–H and O–H groups in total. The minimum atomic E-state index is -0.273. The Kier molecular flexibility index (Phi) is 5.86. The average Bonchev–Trinajstić information content (AvgIpc) is 2.40. The lowest BCUT2D eigenvalue weighted by Gasteiger charge is -2.07. The van der Waals surface area contributed by atoms with Gasteiger partial charge >= 0.3 is 0 Å². The first kappa shape index (κ1) is 13.0. The van der Waals surface area contributed by atoms with Crippen molar-refractivity contribution in [2.24, 2.45) is 5.73 Å². The number of unbranched alkanes of at least 4 members (excludes halogenated alkanes) is 2. The zero-order valence-corrected chi connectivity index (χ0v) is 9.84. The number of hydrogen-bond acceptors (Lipinski definition) is 2. The van der Waals surface area contributed by atoms with E-state index in [4.69, 9.17) is 10.5 Å². The van der Waals surface area contributed by atoms with Crippen LogP contribution in [0.3, 0.4) is 0 Å². The second-order valence-electron chi connectivity index (χ2n) is 3.94. The monoisotopic (exact) mass is 225 g/mol. The van der Waals surface area contributed by atoms with Gasteiger partial charge in [0.2, 0.25) is 0 Å². The highest BCUT2D eigenvalue weighted by molar-refractivity contribution is 5.32. The van der Waals surface area contributed by atoms with Crippen LogP contribution in [0.1, 0.15) is 32.6 Å². The number of allylic oxidation sites excluding steroid dienone is 5. The van der Waals surface area contributed by atoms with Crippen molar-refractivity contribution in [3.63, 3.8) is 0 Å². The predicted octanol–water partition coefficient (Wildman–Crippen LogP) is 3.22. The van der Waals surface area contributed by atoms with E-state index in [0.717, 1.165) is 31.3 Å². The fourth-order valence-corrected chi connectivity index (χ4v) is 1.51. The van der Waals surface area contributed by atoms with Crippen molar-refractivity contribution < 1.29 is 9.13 Å². The first-order valence-electron chi connectivity index (χ1n) is 5.81. The molecule has 1 rings (SSSR count). The molecule has 0 bridgehead atoms. The zero-order valence-electron chi connectivity index (χ0n) is 9.84. The molecule has 0 radical (unpaired) electrons. The van der Waals surface area contributed by atoms with E-state index >= 15 is 0 Å². The third-order valence-electron chi connectivity index (χ3n) is 2.44. The second kappa shape index (κ2) is 7.23. The summed E-state index contributed by atoms with van der Waals surface area (Å²) in [7, 11) is 0. The maximum Gasteiger partial charge on any atom is 0.164 e. The van der Waals surface area contributed by atoms with Crippen molar-refractivity contribution in [1.29, 1.82) is 0 Å². The molecule has 0 aromatic carbocycles. The zero-order chi connectivity index (χ0) is 11.8. The molecule has 0 amide bonds. The predicted molar refractivity (Wildman–Crippen MR) is 64.5 cm³/mol. The Labute approximate surface area is 96.7 Å². The molecular weight excluding hydrogens is 205 g/mol. The van der Waals surface area contributed by atoms with E-state index in [2.05, 4.69) is 0 Å². The quantitative estimate of drug-likeness (QED) is 0.704. The van der Waals surface area contributed by atoms with Gasteiger partial charge in [0, 0.05) is 0 Å². The minimum Gasteiger partial charge on any atom is -0.491 e. The maximum atomic E-state index is 13.5. The van der Waals surface area contributed by atoms with Crippen molar-refractivity contribution >= 4 is 0 Å². The molecule has 0 saturated heterocycles. The lowest BCUT2D eigenvalue weighted by atomic mass is 10.2. The molecule has 3 heteroatoms. The van der Waals surface area contributed by atoms with Gasteiger partial charge in [-0.3, -0.25) is 0 Å². The highest BCUT2D eigenvalue weighted by Gasteiger charge is 2.07. The average molecular weight is 225 g/mol. The van der Waals surface area contributed by atoms with Crippen molar-refractivity contribution in [2.45, 2.75) is 32.6 Å². The van der Waals surface area contributed by atoms with Gasteiger partial charge in [-0.1, -0.05) is 11.6 Å². The van der Waals surface area contributed by atoms with Crippen LogP contribution in [0.25, 0.3) is 0 Å². The van der Waals surface area contributed by atoms with E-state index < -0.39 is 0 Å². The van der Waals surface area contributed by atoms with E-state index in [0.29, 0.717) is 18.9 Å². The molecule has 16 heavy (non-hydrogen) atoms. The third kappa shape index (κ3) is 4.62. The van der Waals surface area contributed by atoms with Gasteiger partial charge < -0.3 is 10.5 Å². The summed E-state index contributed by atoms with van der Waals surface area (Å²) in [4.78, 5) is 0. The Hall–Kier alpha value is -1.09. The van der Waals surface area contributed by atoms with Gasteiger partial charge in [-0.15, -0.1) is 0 Å². The van der Waals surface area contributed by atoms with Crippen LogP contribution in [0.4, 0.5) is 4.39 Å². The molecule has 0 aliphatic heterocycles. The first-order valence-corrected chi connectivity index (χ1v) is 5.81. The van der Waals surface area contributed by atoms with E-state index in [-0.39, 0.29) is 5.83 Å². The Morgan fingerprint density at radius 1 is 1.31 bits per heavy atom. The Morgan fingerprint density at radius 2 is 2.12 bits per heavy atom. The van der Waals surface area contributed by atoms with Crippen molar-refractivity contribution in [1.82, 2.24) is 0 Å². The minimum absolute atomic E-state index is 0.273. The molecule has 2 nitrogen and oxygen atoms in total. The molecule has 0 atom stereocenters.